The van der Waals surface area contributed by atoms with Gasteiger partial charge in [-0.2, -0.15) is 0 Å². The largest absolute Gasteiger partial charge is 0.465 e. The summed E-state index contributed by atoms with van der Waals surface area (Å²) in [6.45, 7) is 0. The number of hydrogen-bond donors (Lipinski definition) is 2. The molecule has 1 fully saturated rings. The number of carboxylic acid groups (broad SMARTS) is 1. The third kappa shape index (κ3) is 1.53. The fraction of sp³-hybridized carbons (Fsp3) is 0.800. The van der Waals surface area contributed by atoms with Crippen molar-refractivity contribution in [3.05, 3.63) is 10.4 Å². The first-order valence-corrected chi connectivity index (χ1v) is 3.26. The highest BCUT2D eigenvalue weighted by Gasteiger charge is 2.37. The van der Waals surface area contributed by atoms with Crippen molar-refractivity contribution in [3.8, 4) is 0 Å². The van der Waals surface area contributed by atoms with E-state index in [1.807, 2.05) is 0 Å². The molecule has 1 amide bonds. The van der Waals surface area contributed by atoms with E-state index in [2.05, 4.69) is 15.3 Å². The summed E-state index contributed by atoms with van der Waals surface area (Å²) in [5.74, 6) is 0. The number of rotatable bonds is 2. The highest BCUT2D eigenvalue weighted by Crippen LogP contribution is 2.32. The number of azide groups is 1. The van der Waals surface area contributed by atoms with E-state index >= 15 is 0 Å². The molecule has 0 aliphatic heterocycles. The van der Waals surface area contributed by atoms with Crippen LogP contribution in [0.25, 0.3) is 10.4 Å². The van der Waals surface area contributed by atoms with E-state index in [0.717, 1.165) is 6.42 Å². The molecule has 1 aliphatic rings. The number of amides is 1. The highest BCUT2D eigenvalue weighted by molar-refractivity contribution is 5.65. The van der Waals surface area contributed by atoms with Gasteiger partial charge in [0, 0.05) is 4.91 Å². The second-order valence-electron chi connectivity index (χ2n) is 2.50. The minimum Gasteiger partial charge on any atom is -0.465 e. The van der Waals surface area contributed by atoms with Gasteiger partial charge < -0.3 is 10.4 Å². The molecule has 0 unspecified atom stereocenters. The van der Waals surface area contributed by atoms with Crippen LogP contribution in [0.4, 0.5) is 4.79 Å². The zero-order chi connectivity index (χ0) is 8.32. The molecule has 0 bridgehead atoms. The van der Waals surface area contributed by atoms with E-state index in [1.54, 1.807) is 0 Å². The fourth-order valence-corrected chi connectivity index (χ4v) is 1.05. The molecule has 0 spiro atoms. The standard InChI is InChI=1S/C5H8N4O2/c6-9-8-5(2-1-3-5)7-4(10)11/h7H,1-3H2,(H,10,11). The Morgan fingerprint density at radius 1 is 1.73 bits per heavy atom. The van der Waals surface area contributed by atoms with E-state index < -0.39 is 11.8 Å². The Labute approximate surface area is 62.8 Å². The van der Waals surface area contributed by atoms with Gasteiger partial charge in [0.05, 0.1) is 0 Å². The molecule has 6 nitrogen and oxygen atoms in total. The highest BCUT2D eigenvalue weighted by atomic mass is 16.4. The van der Waals surface area contributed by atoms with E-state index in [1.165, 1.54) is 0 Å². The molecular weight excluding hydrogens is 148 g/mol. The molecule has 60 valence electrons. The quantitative estimate of drug-likeness (QED) is 0.359. The van der Waals surface area contributed by atoms with E-state index in [4.69, 9.17) is 10.6 Å². The maximum absolute atomic E-state index is 10.2. The van der Waals surface area contributed by atoms with Gasteiger partial charge in [-0.25, -0.2) is 4.79 Å². The van der Waals surface area contributed by atoms with Crippen LogP contribution in [0.5, 0.6) is 0 Å². The number of nitrogens with zero attached hydrogens (tertiary/aromatic N) is 3. The third-order valence-electron chi connectivity index (χ3n) is 1.76. The Hall–Kier alpha value is -1.42. The van der Waals surface area contributed by atoms with E-state index in [-0.39, 0.29) is 0 Å². The predicted octanol–water partition coefficient (Wildman–Crippen LogP) is 1.44. The van der Waals surface area contributed by atoms with Crippen LogP contribution in [0.15, 0.2) is 5.11 Å². The van der Waals surface area contributed by atoms with Crippen molar-refractivity contribution in [2.24, 2.45) is 5.11 Å². The minimum atomic E-state index is -1.14. The topological polar surface area (TPSA) is 98.1 Å². The van der Waals surface area contributed by atoms with Gasteiger partial charge in [0.1, 0.15) is 5.66 Å². The van der Waals surface area contributed by atoms with Crippen LogP contribution in [-0.2, 0) is 0 Å². The van der Waals surface area contributed by atoms with Crippen LogP contribution in [0.3, 0.4) is 0 Å². The molecule has 0 aromatic heterocycles. The average molecular weight is 156 g/mol. The Morgan fingerprint density at radius 2 is 2.36 bits per heavy atom. The van der Waals surface area contributed by atoms with Crippen LogP contribution in [0, 0.1) is 0 Å². The molecule has 2 N–H and O–H groups in total. The lowest BCUT2D eigenvalue weighted by Gasteiger charge is -2.36. The fourth-order valence-electron chi connectivity index (χ4n) is 1.05. The second-order valence-corrected chi connectivity index (χ2v) is 2.50. The maximum atomic E-state index is 10.2. The summed E-state index contributed by atoms with van der Waals surface area (Å²) in [4.78, 5) is 12.8. The van der Waals surface area contributed by atoms with E-state index in [9.17, 15) is 4.79 Å². The smallest absolute Gasteiger partial charge is 0.405 e. The summed E-state index contributed by atoms with van der Waals surface area (Å²) >= 11 is 0. The van der Waals surface area contributed by atoms with Gasteiger partial charge in [-0.05, 0) is 24.8 Å². The Morgan fingerprint density at radius 3 is 2.64 bits per heavy atom. The SMILES string of the molecule is [N-]=[N+]=NC1(NC(=O)O)CCC1. The normalized spacial score (nSPS) is 19.3. The summed E-state index contributed by atoms with van der Waals surface area (Å²) in [5.41, 5.74) is 7.26. The zero-order valence-electron chi connectivity index (χ0n) is 5.82. The molecule has 0 saturated heterocycles. The second kappa shape index (κ2) is 2.67. The Kier molecular flexibility index (Phi) is 1.87. The predicted molar refractivity (Wildman–Crippen MR) is 36.9 cm³/mol. The van der Waals surface area contributed by atoms with Crippen LogP contribution in [0.1, 0.15) is 19.3 Å². The van der Waals surface area contributed by atoms with Crippen LogP contribution in [-0.4, -0.2) is 16.9 Å². The van der Waals surface area contributed by atoms with Gasteiger partial charge in [0.15, 0.2) is 0 Å². The first kappa shape index (κ1) is 7.68. The summed E-state index contributed by atoms with van der Waals surface area (Å²) in [5, 5.41) is 13.9. The van der Waals surface area contributed by atoms with Gasteiger partial charge in [0.25, 0.3) is 0 Å². The van der Waals surface area contributed by atoms with Gasteiger partial charge in [-0.1, -0.05) is 5.11 Å². The molecule has 0 radical (unpaired) electrons. The van der Waals surface area contributed by atoms with Gasteiger partial charge >= 0.3 is 6.09 Å². The summed E-state index contributed by atoms with van der Waals surface area (Å²) < 4.78 is 0. The van der Waals surface area contributed by atoms with E-state index in [0.29, 0.717) is 12.8 Å². The summed E-state index contributed by atoms with van der Waals surface area (Å²) in [7, 11) is 0. The lowest BCUT2D eigenvalue weighted by atomic mass is 9.86. The van der Waals surface area contributed by atoms with Crippen molar-refractivity contribution in [1.29, 1.82) is 0 Å². The van der Waals surface area contributed by atoms with Gasteiger partial charge in [-0.15, -0.1) is 0 Å². The molecule has 0 aromatic rings. The number of carbonyl (C=O) groups is 1. The maximum Gasteiger partial charge on any atom is 0.405 e. The Bertz CT molecular complexity index is 217. The monoisotopic (exact) mass is 156 g/mol. The van der Waals surface area contributed by atoms with Crippen LogP contribution < -0.4 is 5.32 Å². The third-order valence-corrected chi connectivity index (χ3v) is 1.76. The van der Waals surface area contributed by atoms with Crippen molar-refractivity contribution in [1.82, 2.24) is 5.32 Å². The van der Waals surface area contributed by atoms with Crippen LogP contribution in [0.2, 0.25) is 0 Å². The first-order chi connectivity index (χ1) is 5.18. The molecule has 0 atom stereocenters. The number of nitrogens with one attached hydrogen (secondary N) is 1. The molecular formula is C5H8N4O2. The molecule has 11 heavy (non-hydrogen) atoms. The Balaban J connectivity index is 2.60. The summed E-state index contributed by atoms with van der Waals surface area (Å²) in [6, 6.07) is 0. The average Bonchev–Trinajstić information content (AvgIpc) is 1.82. The van der Waals surface area contributed by atoms with Gasteiger partial charge in [-0.3, -0.25) is 0 Å². The minimum absolute atomic E-state index is 0.601. The molecule has 0 heterocycles. The zero-order valence-corrected chi connectivity index (χ0v) is 5.82. The van der Waals surface area contributed by atoms with Gasteiger partial charge in [0.2, 0.25) is 0 Å². The van der Waals surface area contributed by atoms with Crippen molar-refractivity contribution in [2.75, 3.05) is 0 Å². The molecule has 1 saturated carbocycles. The van der Waals surface area contributed by atoms with Crippen molar-refractivity contribution < 1.29 is 9.90 Å². The number of hydrogen-bond acceptors (Lipinski definition) is 2. The first-order valence-electron chi connectivity index (χ1n) is 3.26. The van der Waals surface area contributed by atoms with Crippen LogP contribution >= 0.6 is 0 Å². The lowest BCUT2D eigenvalue weighted by Crippen LogP contribution is -2.51. The van der Waals surface area contributed by atoms with Crippen molar-refractivity contribution in [2.45, 2.75) is 24.9 Å². The van der Waals surface area contributed by atoms with Crippen molar-refractivity contribution >= 4 is 6.09 Å². The molecule has 6 heteroatoms. The molecule has 1 rings (SSSR count). The van der Waals surface area contributed by atoms with Crippen molar-refractivity contribution in [3.63, 3.8) is 0 Å². The summed E-state index contributed by atoms with van der Waals surface area (Å²) in [6.07, 6.45) is 0.962. The molecule has 0 aromatic carbocycles. The molecule has 1 aliphatic carbocycles. The lowest BCUT2D eigenvalue weighted by molar-refractivity contribution is 0.148.